The van der Waals surface area contributed by atoms with Gasteiger partial charge in [-0.2, -0.15) is 18.3 Å². The first-order chi connectivity index (χ1) is 11.2. The van der Waals surface area contributed by atoms with E-state index in [2.05, 4.69) is 16.7 Å². The highest BCUT2D eigenvalue weighted by atomic mass is 35.5. The second kappa shape index (κ2) is 5.62. The zero-order valence-corrected chi connectivity index (χ0v) is 13.0. The number of aryl methyl sites for hydroxylation is 1. The topological polar surface area (TPSA) is 43.9 Å². The molecule has 0 aliphatic heterocycles. The number of oxazole rings is 1. The van der Waals surface area contributed by atoms with Gasteiger partial charge < -0.3 is 4.42 Å². The zero-order chi connectivity index (χ0) is 17.6. The summed E-state index contributed by atoms with van der Waals surface area (Å²) >= 11 is 5.94. The lowest BCUT2D eigenvalue weighted by Gasteiger charge is -2.04. The van der Waals surface area contributed by atoms with Gasteiger partial charge in [0.15, 0.2) is 11.5 Å². The van der Waals surface area contributed by atoms with Crippen LogP contribution in [0.2, 0.25) is 5.02 Å². The molecule has 2 aromatic heterocycles. The van der Waals surface area contributed by atoms with Gasteiger partial charge in [0.25, 0.3) is 0 Å². The Kier molecular flexibility index (Phi) is 3.87. The minimum Gasteiger partial charge on any atom is -0.439 e. The van der Waals surface area contributed by atoms with Crippen molar-refractivity contribution >= 4 is 22.7 Å². The van der Waals surface area contributed by atoms with E-state index in [0.717, 1.165) is 19.2 Å². The number of nitrogens with zero attached hydrogens (tertiary/aromatic N) is 3. The molecule has 9 heteroatoms. The van der Waals surface area contributed by atoms with Crippen molar-refractivity contribution < 1.29 is 22.0 Å². The molecule has 0 radical (unpaired) electrons. The Morgan fingerprint density at radius 1 is 1.38 bits per heavy atom. The number of rotatable bonds is 3. The second-order valence-electron chi connectivity index (χ2n) is 5.03. The number of allylic oxidation sites excluding steroid dienone is 1. The molecule has 126 valence electrons. The van der Waals surface area contributed by atoms with E-state index in [1.165, 1.54) is 6.08 Å². The Hall–Kier alpha value is -2.35. The van der Waals surface area contributed by atoms with Gasteiger partial charge in [0.05, 0.1) is 16.3 Å². The van der Waals surface area contributed by atoms with Crippen LogP contribution in [0.5, 0.6) is 0 Å². The maximum atomic E-state index is 14.4. The Morgan fingerprint density at radius 3 is 2.67 bits per heavy atom. The van der Waals surface area contributed by atoms with Crippen LogP contribution in [-0.2, 0) is 19.6 Å². The number of hydrogen-bond donors (Lipinski definition) is 0. The Morgan fingerprint density at radius 2 is 2.08 bits per heavy atom. The van der Waals surface area contributed by atoms with E-state index in [0.29, 0.717) is 4.68 Å². The first-order valence-electron chi connectivity index (χ1n) is 6.72. The molecule has 3 aromatic rings. The molecule has 4 nitrogen and oxygen atoms in total. The summed E-state index contributed by atoms with van der Waals surface area (Å²) in [5.74, 6) is -0.612. The Balaban J connectivity index is 2.28. The van der Waals surface area contributed by atoms with E-state index < -0.39 is 17.7 Å². The van der Waals surface area contributed by atoms with Crippen LogP contribution >= 0.6 is 11.6 Å². The molecule has 0 saturated heterocycles. The average molecular weight is 360 g/mol. The molecule has 0 saturated carbocycles. The molecule has 0 amide bonds. The van der Waals surface area contributed by atoms with Gasteiger partial charge in [-0.3, -0.25) is 4.68 Å². The molecule has 2 heterocycles. The van der Waals surface area contributed by atoms with E-state index in [1.54, 1.807) is 0 Å². The number of alkyl halides is 3. The van der Waals surface area contributed by atoms with Gasteiger partial charge in [-0.15, -0.1) is 6.58 Å². The second-order valence-corrected chi connectivity index (χ2v) is 5.44. The van der Waals surface area contributed by atoms with E-state index in [9.17, 15) is 17.6 Å². The molecule has 3 rings (SSSR count). The van der Waals surface area contributed by atoms with Gasteiger partial charge in [0.1, 0.15) is 17.0 Å². The summed E-state index contributed by atoms with van der Waals surface area (Å²) in [5, 5.41) is 3.73. The summed E-state index contributed by atoms with van der Waals surface area (Å²) in [7, 11) is 1.13. The molecule has 0 aliphatic rings. The van der Waals surface area contributed by atoms with Crippen molar-refractivity contribution in [1.29, 1.82) is 0 Å². The maximum Gasteiger partial charge on any atom is 0.433 e. The van der Waals surface area contributed by atoms with E-state index in [-0.39, 0.29) is 39.7 Å². The summed E-state index contributed by atoms with van der Waals surface area (Å²) < 4.78 is 59.3. The van der Waals surface area contributed by atoms with Crippen LogP contribution in [-0.4, -0.2) is 14.8 Å². The molecular weight excluding hydrogens is 350 g/mol. The molecular formula is C15H10ClF4N3O. The van der Waals surface area contributed by atoms with Gasteiger partial charge in [-0.1, -0.05) is 17.7 Å². The van der Waals surface area contributed by atoms with Crippen LogP contribution in [0.4, 0.5) is 17.6 Å². The minimum absolute atomic E-state index is 0.0173. The molecule has 0 N–H and O–H groups in total. The van der Waals surface area contributed by atoms with E-state index in [1.807, 2.05) is 0 Å². The van der Waals surface area contributed by atoms with Gasteiger partial charge in [0, 0.05) is 13.5 Å². The summed E-state index contributed by atoms with van der Waals surface area (Å²) in [6.45, 7) is 3.54. The number of benzene rings is 1. The smallest absolute Gasteiger partial charge is 0.433 e. The van der Waals surface area contributed by atoms with Crippen molar-refractivity contribution in [2.45, 2.75) is 12.6 Å². The standard InChI is InChI=1S/C15H10ClF4N3O/c1-3-4-11-21-13-12(8(17)5-7(16)14(13)24-11)9-6-10(15(18,19)20)23(2)22-9/h3,5-6H,1,4H2,2H3. The lowest BCUT2D eigenvalue weighted by molar-refractivity contribution is -0.143. The summed E-state index contributed by atoms with van der Waals surface area (Å²) in [4.78, 5) is 4.11. The van der Waals surface area contributed by atoms with Crippen molar-refractivity contribution in [3.8, 4) is 11.3 Å². The van der Waals surface area contributed by atoms with Crippen LogP contribution in [0.3, 0.4) is 0 Å². The van der Waals surface area contributed by atoms with Gasteiger partial charge in [-0.25, -0.2) is 9.37 Å². The normalized spacial score (nSPS) is 12.1. The fourth-order valence-electron chi connectivity index (χ4n) is 2.37. The Labute approximate surface area is 138 Å². The predicted molar refractivity (Wildman–Crippen MR) is 80.1 cm³/mol. The van der Waals surface area contributed by atoms with E-state index >= 15 is 0 Å². The van der Waals surface area contributed by atoms with E-state index in [4.69, 9.17) is 16.0 Å². The number of fused-ring (bicyclic) bond motifs is 1. The highest BCUT2D eigenvalue weighted by Gasteiger charge is 2.35. The lowest BCUT2D eigenvalue weighted by Crippen LogP contribution is -2.11. The number of aromatic nitrogens is 3. The molecule has 24 heavy (non-hydrogen) atoms. The summed E-state index contributed by atoms with van der Waals surface area (Å²) in [6.07, 6.45) is -2.82. The molecule has 0 atom stereocenters. The van der Waals surface area contributed by atoms with Gasteiger partial charge in [-0.05, 0) is 12.1 Å². The molecule has 0 spiro atoms. The van der Waals surface area contributed by atoms with Gasteiger partial charge >= 0.3 is 6.18 Å². The number of halogens is 5. The zero-order valence-electron chi connectivity index (χ0n) is 12.3. The predicted octanol–water partition coefficient (Wildman–Crippen LogP) is 4.77. The summed E-state index contributed by atoms with van der Waals surface area (Å²) in [6, 6.07) is 1.72. The first-order valence-corrected chi connectivity index (χ1v) is 7.10. The van der Waals surface area contributed by atoms with Crippen molar-refractivity contribution in [3.63, 3.8) is 0 Å². The molecule has 0 unspecified atom stereocenters. The summed E-state index contributed by atoms with van der Waals surface area (Å²) in [5.41, 5.74) is -1.30. The van der Waals surface area contributed by atoms with Crippen LogP contribution in [0, 0.1) is 5.82 Å². The SMILES string of the molecule is C=CCc1nc2c(-c3cc(C(F)(F)F)n(C)n3)c(F)cc(Cl)c2o1. The highest BCUT2D eigenvalue weighted by molar-refractivity contribution is 6.35. The van der Waals surface area contributed by atoms with Crippen LogP contribution in [0.25, 0.3) is 22.4 Å². The third-order valence-electron chi connectivity index (χ3n) is 3.36. The third-order valence-corrected chi connectivity index (χ3v) is 3.64. The average Bonchev–Trinajstić information content (AvgIpc) is 3.03. The van der Waals surface area contributed by atoms with Crippen molar-refractivity contribution in [1.82, 2.24) is 14.8 Å². The van der Waals surface area contributed by atoms with Crippen LogP contribution in [0.15, 0.2) is 29.2 Å². The lowest BCUT2D eigenvalue weighted by atomic mass is 10.1. The molecule has 0 fully saturated rings. The van der Waals surface area contributed by atoms with Crippen LogP contribution < -0.4 is 0 Å². The molecule has 0 aliphatic carbocycles. The fourth-order valence-corrected chi connectivity index (χ4v) is 2.59. The van der Waals surface area contributed by atoms with Crippen molar-refractivity contribution in [2.75, 3.05) is 0 Å². The van der Waals surface area contributed by atoms with Crippen LogP contribution in [0.1, 0.15) is 11.6 Å². The van der Waals surface area contributed by atoms with Gasteiger partial charge in [0.2, 0.25) is 0 Å². The minimum atomic E-state index is -4.61. The quantitative estimate of drug-likeness (QED) is 0.500. The Bertz CT molecular complexity index is 942. The van der Waals surface area contributed by atoms with Crippen molar-refractivity contribution in [3.05, 3.63) is 47.2 Å². The third kappa shape index (κ3) is 2.66. The number of hydrogen-bond acceptors (Lipinski definition) is 3. The fraction of sp³-hybridized carbons (Fsp3) is 0.200. The largest absolute Gasteiger partial charge is 0.439 e. The molecule has 0 bridgehead atoms. The monoisotopic (exact) mass is 359 g/mol. The maximum absolute atomic E-state index is 14.4. The molecule has 1 aromatic carbocycles. The first kappa shape index (κ1) is 16.5. The van der Waals surface area contributed by atoms with Crippen molar-refractivity contribution in [2.24, 2.45) is 7.05 Å². The highest BCUT2D eigenvalue weighted by Crippen LogP contribution is 2.38.